The molecule has 1 heterocycles. The highest BCUT2D eigenvalue weighted by Crippen LogP contribution is 2.40. The number of carbonyl (C=O) groups excluding carboxylic acids is 1. The van der Waals surface area contributed by atoms with Gasteiger partial charge in [0.05, 0.1) is 26.7 Å². The summed E-state index contributed by atoms with van der Waals surface area (Å²) < 4.78 is 10.8. The van der Waals surface area contributed by atoms with E-state index in [1.54, 1.807) is 19.1 Å². The van der Waals surface area contributed by atoms with Gasteiger partial charge in [-0.3, -0.25) is 9.59 Å². The zero-order valence-electron chi connectivity index (χ0n) is 16.8. The van der Waals surface area contributed by atoms with Gasteiger partial charge >= 0.3 is 5.97 Å². The molecule has 0 spiro atoms. The van der Waals surface area contributed by atoms with Gasteiger partial charge in [0, 0.05) is 12.5 Å². The van der Waals surface area contributed by atoms with Crippen LogP contribution in [0.25, 0.3) is 0 Å². The number of fused-ring (bicyclic) bond motifs is 1. The van der Waals surface area contributed by atoms with Crippen molar-refractivity contribution < 1.29 is 24.2 Å². The first-order chi connectivity index (χ1) is 13.0. The van der Waals surface area contributed by atoms with Crippen molar-refractivity contribution in [1.29, 1.82) is 0 Å². The van der Waals surface area contributed by atoms with Gasteiger partial charge in [0.1, 0.15) is 0 Å². The van der Waals surface area contributed by atoms with E-state index in [-0.39, 0.29) is 18.2 Å². The van der Waals surface area contributed by atoms with Crippen molar-refractivity contribution in [3.63, 3.8) is 0 Å². The lowest BCUT2D eigenvalue weighted by molar-refractivity contribution is -0.143. The minimum atomic E-state index is -0.915. The number of ether oxygens (including phenoxy) is 2. The predicted octanol–water partition coefficient (Wildman–Crippen LogP) is 3.82. The normalized spacial score (nSPS) is 17.2. The lowest BCUT2D eigenvalue weighted by Gasteiger charge is -2.39. The molecule has 0 radical (unpaired) electrons. The van der Waals surface area contributed by atoms with E-state index in [2.05, 4.69) is 6.92 Å². The largest absolute Gasteiger partial charge is 0.493 e. The maximum atomic E-state index is 13.2. The SMILES string of the molecule is CCCCC(CC)C(=O)N1CCc2cc(OC)c(OC)cc2C1CC(=O)O. The summed E-state index contributed by atoms with van der Waals surface area (Å²) in [5, 5.41) is 9.46. The van der Waals surface area contributed by atoms with E-state index in [4.69, 9.17) is 9.47 Å². The van der Waals surface area contributed by atoms with Crippen LogP contribution in [-0.2, 0) is 16.0 Å². The van der Waals surface area contributed by atoms with Crippen LogP contribution in [0.5, 0.6) is 11.5 Å². The van der Waals surface area contributed by atoms with Gasteiger partial charge in [-0.25, -0.2) is 0 Å². The van der Waals surface area contributed by atoms with Crippen molar-refractivity contribution in [1.82, 2.24) is 4.90 Å². The maximum absolute atomic E-state index is 13.2. The molecule has 1 N–H and O–H groups in total. The van der Waals surface area contributed by atoms with Crippen LogP contribution < -0.4 is 9.47 Å². The molecule has 1 aliphatic heterocycles. The van der Waals surface area contributed by atoms with Gasteiger partial charge in [0.15, 0.2) is 11.5 Å². The van der Waals surface area contributed by atoms with E-state index in [0.29, 0.717) is 24.5 Å². The number of carbonyl (C=O) groups is 2. The molecule has 2 rings (SSSR count). The number of amides is 1. The number of rotatable bonds is 9. The van der Waals surface area contributed by atoms with Crippen LogP contribution in [0.3, 0.4) is 0 Å². The second kappa shape index (κ2) is 9.62. The molecule has 27 heavy (non-hydrogen) atoms. The Hall–Kier alpha value is -2.24. The zero-order chi connectivity index (χ0) is 20.0. The molecule has 0 fully saturated rings. The molecule has 0 aliphatic carbocycles. The Morgan fingerprint density at radius 2 is 1.89 bits per heavy atom. The van der Waals surface area contributed by atoms with Gasteiger partial charge in [-0.1, -0.05) is 26.7 Å². The maximum Gasteiger partial charge on any atom is 0.305 e. The van der Waals surface area contributed by atoms with Crippen LogP contribution in [-0.4, -0.2) is 42.6 Å². The Labute approximate surface area is 161 Å². The number of benzene rings is 1. The molecular formula is C21H31NO5. The highest BCUT2D eigenvalue weighted by Gasteiger charge is 2.35. The molecule has 2 unspecified atom stereocenters. The van der Waals surface area contributed by atoms with E-state index < -0.39 is 12.0 Å². The number of nitrogens with zero attached hydrogens (tertiary/aromatic N) is 1. The molecule has 6 heteroatoms. The first kappa shape index (κ1) is 21.1. The number of unbranched alkanes of at least 4 members (excludes halogenated alkanes) is 1. The van der Waals surface area contributed by atoms with Gasteiger partial charge in [0.25, 0.3) is 0 Å². The predicted molar refractivity (Wildman–Crippen MR) is 103 cm³/mol. The van der Waals surface area contributed by atoms with Gasteiger partial charge < -0.3 is 19.5 Å². The van der Waals surface area contributed by atoms with Crippen molar-refractivity contribution in [2.24, 2.45) is 5.92 Å². The summed E-state index contributed by atoms with van der Waals surface area (Å²) in [5.41, 5.74) is 1.87. The summed E-state index contributed by atoms with van der Waals surface area (Å²) in [7, 11) is 3.14. The van der Waals surface area contributed by atoms with Crippen LogP contribution in [0.4, 0.5) is 0 Å². The number of hydrogen-bond donors (Lipinski definition) is 1. The van der Waals surface area contributed by atoms with Gasteiger partial charge in [-0.15, -0.1) is 0 Å². The van der Waals surface area contributed by atoms with Crippen molar-refractivity contribution >= 4 is 11.9 Å². The van der Waals surface area contributed by atoms with Crippen molar-refractivity contribution in [3.05, 3.63) is 23.3 Å². The van der Waals surface area contributed by atoms with Crippen LogP contribution in [0.15, 0.2) is 12.1 Å². The molecule has 0 saturated carbocycles. The fraction of sp³-hybridized carbons (Fsp3) is 0.619. The van der Waals surface area contributed by atoms with E-state index >= 15 is 0 Å². The van der Waals surface area contributed by atoms with Crippen molar-refractivity contribution in [2.45, 2.75) is 58.4 Å². The lowest BCUT2D eigenvalue weighted by Crippen LogP contribution is -2.44. The summed E-state index contributed by atoms with van der Waals surface area (Å²) in [6, 6.07) is 3.25. The van der Waals surface area contributed by atoms with Crippen LogP contribution >= 0.6 is 0 Å². The Morgan fingerprint density at radius 3 is 2.44 bits per heavy atom. The number of aliphatic carboxylic acids is 1. The van der Waals surface area contributed by atoms with Crippen LogP contribution in [0, 0.1) is 5.92 Å². The molecule has 150 valence electrons. The Kier molecular flexibility index (Phi) is 7.51. The lowest BCUT2D eigenvalue weighted by atomic mass is 9.88. The van der Waals surface area contributed by atoms with Crippen molar-refractivity contribution in [2.75, 3.05) is 20.8 Å². The first-order valence-electron chi connectivity index (χ1n) is 9.73. The summed E-state index contributed by atoms with van der Waals surface area (Å²) in [6.45, 7) is 4.67. The number of carboxylic acids is 1. The number of carboxylic acid groups (broad SMARTS) is 1. The molecule has 0 aromatic heterocycles. The topological polar surface area (TPSA) is 76.1 Å². The van der Waals surface area contributed by atoms with E-state index in [9.17, 15) is 14.7 Å². The monoisotopic (exact) mass is 377 g/mol. The summed E-state index contributed by atoms with van der Waals surface area (Å²) in [4.78, 5) is 26.5. The second-order valence-corrected chi connectivity index (χ2v) is 7.05. The van der Waals surface area contributed by atoms with E-state index in [1.165, 1.54) is 0 Å². The average molecular weight is 377 g/mol. The van der Waals surface area contributed by atoms with Gasteiger partial charge in [0.2, 0.25) is 5.91 Å². The Bertz CT molecular complexity index is 673. The molecule has 0 bridgehead atoms. The highest BCUT2D eigenvalue weighted by atomic mass is 16.5. The first-order valence-corrected chi connectivity index (χ1v) is 9.73. The van der Waals surface area contributed by atoms with Gasteiger partial charge in [-0.2, -0.15) is 0 Å². The molecule has 1 aliphatic rings. The van der Waals surface area contributed by atoms with Gasteiger partial charge in [-0.05, 0) is 42.5 Å². The third kappa shape index (κ3) is 4.73. The molecule has 2 atom stereocenters. The minimum absolute atomic E-state index is 0.0528. The summed E-state index contributed by atoms with van der Waals surface area (Å²) in [6.07, 6.45) is 4.24. The molecule has 6 nitrogen and oxygen atoms in total. The molecule has 0 saturated heterocycles. The highest BCUT2D eigenvalue weighted by molar-refractivity contribution is 5.81. The van der Waals surface area contributed by atoms with Crippen molar-refractivity contribution in [3.8, 4) is 11.5 Å². The Morgan fingerprint density at radius 1 is 1.22 bits per heavy atom. The standard InChI is InChI=1S/C21H31NO5/c1-5-7-8-14(6-2)21(25)22-10-9-15-11-18(26-3)19(27-4)12-16(15)17(22)13-20(23)24/h11-12,14,17H,5-10,13H2,1-4H3,(H,23,24). The van der Waals surface area contributed by atoms with Crippen LogP contribution in [0.1, 0.15) is 63.1 Å². The van der Waals surface area contributed by atoms with E-state index in [0.717, 1.165) is 36.8 Å². The quantitative estimate of drug-likeness (QED) is 0.708. The second-order valence-electron chi connectivity index (χ2n) is 7.05. The summed E-state index contributed by atoms with van der Waals surface area (Å²) in [5.74, 6) is 0.279. The fourth-order valence-corrected chi connectivity index (χ4v) is 3.86. The molecule has 1 amide bonds. The van der Waals surface area contributed by atoms with Crippen LogP contribution in [0.2, 0.25) is 0 Å². The minimum Gasteiger partial charge on any atom is -0.493 e. The number of methoxy groups -OCH3 is 2. The summed E-state index contributed by atoms with van der Waals surface area (Å²) >= 11 is 0. The van der Waals surface area contributed by atoms with E-state index in [1.807, 2.05) is 19.1 Å². The zero-order valence-corrected chi connectivity index (χ0v) is 16.8. The number of hydrogen-bond acceptors (Lipinski definition) is 4. The average Bonchev–Trinajstić information content (AvgIpc) is 2.67. The third-order valence-electron chi connectivity index (χ3n) is 5.40. The molecule has 1 aromatic carbocycles. The Balaban J connectivity index is 2.40. The molecule has 1 aromatic rings. The smallest absolute Gasteiger partial charge is 0.305 e. The third-order valence-corrected chi connectivity index (χ3v) is 5.40. The molecular weight excluding hydrogens is 346 g/mol. The fourth-order valence-electron chi connectivity index (χ4n) is 3.86.